The van der Waals surface area contributed by atoms with Crippen LogP contribution >= 0.6 is 0 Å². The molecule has 0 aromatic heterocycles. The molecule has 1 heterocycles. The summed E-state index contributed by atoms with van der Waals surface area (Å²) < 4.78 is 0. The van der Waals surface area contributed by atoms with E-state index in [1.807, 2.05) is 0 Å². The van der Waals surface area contributed by atoms with Crippen molar-refractivity contribution >= 4 is 17.7 Å². The molecule has 2 aliphatic carbocycles. The van der Waals surface area contributed by atoms with Gasteiger partial charge in [-0.05, 0) is 24.7 Å². The molecule has 3 aliphatic rings. The third-order valence-electron chi connectivity index (χ3n) is 4.34. The monoisotopic (exact) mass is 251 g/mol. The van der Waals surface area contributed by atoms with Gasteiger partial charge in [0.1, 0.15) is 6.54 Å². The minimum Gasteiger partial charge on any atom is -0.337 e. The highest BCUT2D eigenvalue weighted by molar-refractivity contribution is 5.93. The summed E-state index contributed by atoms with van der Waals surface area (Å²) in [6.07, 6.45) is 4.98. The van der Waals surface area contributed by atoms with Crippen molar-refractivity contribution in [3.05, 3.63) is 0 Å². The topological polar surface area (TPSA) is 63.7 Å². The Morgan fingerprint density at radius 3 is 2.44 bits per heavy atom. The summed E-state index contributed by atoms with van der Waals surface area (Å²) >= 11 is 0. The molecule has 2 saturated carbocycles. The zero-order valence-electron chi connectivity index (χ0n) is 10.3. The van der Waals surface area contributed by atoms with E-state index in [4.69, 9.17) is 4.84 Å². The van der Waals surface area contributed by atoms with Gasteiger partial charge in [-0.2, -0.15) is 5.06 Å². The number of carbonyl (C=O) groups is 3. The Bertz CT molecular complexity index is 394. The first kappa shape index (κ1) is 11.7. The molecule has 1 amide bonds. The molecule has 1 saturated heterocycles. The van der Waals surface area contributed by atoms with Gasteiger partial charge in [-0.3, -0.25) is 9.59 Å². The van der Waals surface area contributed by atoms with Crippen LogP contribution in [0.2, 0.25) is 0 Å². The third kappa shape index (κ3) is 2.02. The van der Waals surface area contributed by atoms with Crippen LogP contribution in [0, 0.1) is 17.8 Å². The number of carbonyl (C=O) groups excluding carboxylic acids is 3. The Balaban J connectivity index is 1.58. The molecular formula is C13H17NO4. The van der Waals surface area contributed by atoms with E-state index in [0.29, 0.717) is 11.8 Å². The van der Waals surface area contributed by atoms with Crippen LogP contribution in [0.15, 0.2) is 0 Å². The highest BCUT2D eigenvalue weighted by Gasteiger charge is 2.56. The van der Waals surface area contributed by atoms with Gasteiger partial charge in [-0.15, -0.1) is 0 Å². The number of hydrogen-bond acceptors (Lipinski definition) is 4. The van der Waals surface area contributed by atoms with Crippen LogP contribution in [0.4, 0.5) is 0 Å². The first-order valence-electron chi connectivity index (χ1n) is 6.70. The van der Waals surface area contributed by atoms with Gasteiger partial charge in [0.15, 0.2) is 5.78 Å². The van der Waals surface area contributed by atoms with E-state index in [-0.39, 0.29) is 43.0 Å². The van der Waals surface area contributed by atoms with Crippen molar-refractivity contribution < 1.29 is 19.2 Å². The summed E-state index contributed by atoms with van der Waals surface area (Å²) in [5.74, 6) is 0.276. The van der Waals surface area contributed by atoms with Crippen molar-refractivity contribution in [2.24, 2.45) is 17.8 Å². The number of fused-ring (bicyclic) bond motifs is 1. The largest absolute Gasteiger partial charge is 0.337 e. The summed E-state index contributed by atoms with van der Waals surface area (Å²) in [5.41, 5.74) is 0. The van der Waals surface area contributed by atoms with Crippen LogP contribution in [0.3, 0.4) is 0 Å². The van der Waals surface area contributed by atoms with E-state index < -0.39 is 0 Å². The molecule has 3 rings (SSSR count). The lowest BCUT2D eigenvalue weighted by Gasteiger charge is -2.23. The Labute approximate surface area is 105 Å². The molecule has 98 valence electrons. The van der Waals surface area contributed by atoms with Crippen LogP contribution in [0.1, 0.15) is 38.5 Å². The predicted molar refractivity (Wildman–Crippen MR) is 61.0 cm³/mol. The van der Waals surface area contributed by atoms with Crippen molar-refractivity contribution in [2.45, 2.75) is 38.5 Å². The van der Waals surface area contributed by atoms with Crippen molar-refractivity contribution in [2.75, 3.05) is 6.54 Å². The number of rotatable bonds is 2. The van der Waals surface area contributed by atoms with Gasteiger partial charge in [0.2, 0.25) is 0 Å². The van der Waals surface area contributed by atoms with E-state index in [1.54, 1.807) is 0 Å². The molecule has 0 radical (unpaired) electrons. The van der Waals surface area contributed by atoms with Gasteiger partial charge in [-0.1, -0.05) is 12.8 Å². The van der Waals surface area contributed by atoms with Gasteiger partial charge >= 0.3 is 5.97 Å². The normalized spacial score (nSPS) is 35.1. The Hall–Kier alpha value is -1.39. The molecule has 3 fully saturated rings. The molecule has 5 heteroatoms. The lowest BCUT2D eigenvalue weighted by atomic mass is 10.0. The average molecular weight is 251 g/mol. The number of hydrogen-bond donors (Lipinski definition) is 0. The van der Waals surface area contributed by atoms with Crippen molar-refractivity contribution in [3.63, 3.8) is 0 Å². The van der Waals surface area contributed by atoms with Crippen LogP contribution in [-0.2, 0) is 19.2 Å². The lowest BCUT2D eigenvalue weighted by molar-refractivity contribution is -0.202. The van der Waals surface area contributed by atoms with E-state index in [9.17, 15) is 14.4 Å². The highest BCUT2D eigenvalue weighted by atomic mass is 16.7. The quantitative estimate of drug-likeness (QED) is 0.736. The molecule has 2 unspecified atom stereocenters. The fourth-order valence-corrected chi connectivity index (χ4v) is 3.29. The molecule has 18 heavy (non-hydrogen) atoms. The predicted octanol–water partition coefficient (Wildman–Crippen LogP) is 1.07. The summed E-state index contributed by atoms with van der Waals surface area (Å²) in [6, 6.07) is 0. The Morgan fingerprint density at radius 1 is 1.11 bits per heavy atom. The maximum atomic E-state index is 12.0. The fourth-order valence-electron chi connectivity index (χ4n) is 3.29. The number of ketones is 1. The SMILES string of the molecule is O=C1CCC(=O)N(OC(=O)C2C3CCCCC32)C1. The number of amides is 1. The average Bonchev–Trinajstić information content (AvgIpc) is 3.08. The molecule has 0 aromatic carbocycles. The molecule has 5 nitrogen and oxygen atoms in total. The molecule has 1 aliphatic heterocycles. The number of piperidine rings is 1. The zero-order valence-corrected chi connectivity index (χ0v) is 10.3. The first-order chi connectivity index (χ1) is 8.66. The maximum absolute atomic E-state index is 12.0. The Kier molecular flexibility index (Phi) is 2.84. The Morgan fingerprint density at radius 2 is 1.78 bits per heavy atom. The van der Waals surface area contributed by atoms with Crippen LogP contribution < -0.4 is 0 Å². The molecular weight excluding hydrogens is 234 g/mol. The van der Waals surface area contributed by atoms with Gasteiger partial charge < -0.3 is 4.84 Å². The second-order valence-electron chi connectivity index (χ2n) is 5.52. The van der Waals surface area contributed by atoms with Crippen molar-refractivity contribution in [1.82, 2.24) is 5.06 Å². The van der Waals surface area contributed by atoms with Gasteiger partial charge in [0.25, 0.3) is 5.91 Å². The number of Topliss-reactive ketones (excluding diaryl/α,β-unsaturated/α-hetero) is 1. The zero-order chi connectivity index (χ0) is 12.7. The minimum atomic E-state index is -0.310. The summed E-state index contributed by atoms with van der Waals surface area (Å²) in [4.78, 5) is 39.9. The van der Waals surface area contributed by atoms with E-state index in [0.717, 1.165) is 17.9 Å². The molecule has 0 N–H and O–H groups in total. The summed E-state index contributed by atoms with van der Waals surface area (Å²) in [7, 11) is 0. The van der Waals surface area contributed by atoms with Crippen LogP contribution in [0.5, 0.6) is 0 Å². The van der Waals surface area contributed by atoms with Crippen LogP contribution in [-0.4, -0.2) is 29.3 Å². The standard InChI is InChI=1S/C13H17NO4/c15-8-5-6-11(16)14(7-8)18-13(17)12-9-3-1-2-4-10(9)12/h9-10,12H,1-7H2. The smallest absolute Gasteiger partial charge is 0.336 e. The second-order valence-corrected chi connectivity index (χ2v) is 5.52. The van der Waals surface area contributed by atoms with E-state index in [2.05, 4.69) is 0 Å². The van der Waals surface area contributed by atoms with E-state index >= 15 is 0 Å². The molecule has 0 aromatic rings. The lowest BCUT2D eigenvalue weighted by Crippen LogP contribution is -2.42. The molecule has 0 bridgehead atoms. The molecule has 2 atom stereocenters. The van der Waals surface area contributed by atoms with Crippen molar-refractivity contribution in [3.8, 4) is 0 Å². The highest BCUT2D eigenvalue weighted by Crippen LogP contribution is 2.55. The fraction of sp³-hybridized carbons (Fsp3) is 0.769. The number of hydroxylamine groups is 2. The summed E-state index contributed by atoms with van der Waals surface area (Å²) in [5, 5.41) is 0.957. The first-order valence-corrected chi connectivity index (χ1v) is 6.70. The number of nitrogens with zero attached hydrogens (tertiary/aromatic N) is 1. The maximum Gasteiger partial charge on any atom is 0.336 e. The molecule has 0 spiro atoms. The van der Waals surface area contributed by atoms with Crippen LogP contribution in [0.25, 0.3) is 0 Å². The third-order valence-corrected chi connectivity index (χ3v) is 4.34. The van der Waals surface area contributed by atoms with E-state index in [1.165, 1.54) is 12.8 Å². The van der Waals surface area contributed by atoms with Gasteiger partial charge in [-0.25, -0.2) is 4.79 Å². The van der Waals surface area contributed by atoms with Gasteiger partial charge in [0.05, 0.1) is 5.92 Å². The summed E-state index contributed by atoms with van der Waals surface area (Å²) in [6.45, 7) is -0.0768. The second kappa shape index (κ2) is 4.37. The van der Waals surface area contributed by atoms with Crippen molar-refractivity contribution in [1.29, 1.82) is 0 Å². The van der Waals surface area contributed by atoms with Gasteiger partial charge in [0, 0.05) is 12.8 Å². The minimum absolute atomic E-state index is 0.0303.